The van der Waals surface area contributed by atoms with Crippen molar-refractivity contribution in [2.45, 2.75) is 72.1 Å². The van der Waals surface area contributed by atoms with Crippen molar-refractivity contribution in [2.24, 2.45) is 34.0 Å². The van der Waals surface area contributed by atoms with Crippen LogP contribution in [0.25, 0.3) is 0 Å². The summed E-state index contributed by atoms with van der Waals surface area (Å²) >= 11 is 0. The second kappa shape index (κ2) is 4.03. The molecule has 4 aliphatic carbocycles. The van der Waals surface area contributed by atoms with E-state index >= 15 is 0 Å². The molecule has 2 bridgehead atoms. The molecule has 4 fully saturated rings. The minimum atomic E-state index is 0.257. The molecule has 0 aromatic rings. The summed E-state index contributed by atoms with van der Waals surface area (Å²) in [6.45, 7) is 11.7. The Hall–Kier alpha value is -0.590. The molecule has 0 unspecified atom stereocenters. The Kier molecular flexibility index (Phi) is 2.69. The van der Waals surface area contributed by atoms with E-state index in [-0.39, 0.29) is 5.41 Å². The molecule has 116 valence electrons. The molecule has 4 saturated carbocycles. The van der Waals surface area contributed by atoms with Gasteiger partial charge in [0.2, 0.25) is 0 Å². The van der Waals surface area contributed by atoms with Crippen LogP contribution >= 0.6 is 0 Å². The van der Waals surface area contributed by atoms with Crippen molar-refractivity contribution in [2.75, 3.05) is 0 Å². The predicted molar refractivity (Wildman–Crippen MR) is 85.9 cm³/mol. The zero-order valence-electron chi connectivity index (χ0n) is 14.0. The molecule has 1 heteroatoms. The lowest BCUT2D eigenvalue weighted by Gasteiger charge is -2.63. The Morgan fingerprint density at radius 2 is 1.90 bits per heavy atom. The summed E-state index contributed by atoms with van der Waals surface area (Å²) in [6, 6.07) is 0. The van der Waals surface area contributed by atoms with Gasteiger partial charge in [-0.1, -0.05) is 39.3 Å². The van der Waals surface area contributed by atoms with Gasteiger partial charge >= 0.3 is 0 Å². The Bertz CT molecular complexity index is 516. The number of hydrogen-bond acceptors (Lipinski definition) is 1. The van der Waals surface area contributed by atoms with Crippen LogP contribution in [0.1, 0.15) is 72.1 Å². The first-order valence-electron chi connectivity index (χ1n) is 8.99. The highest BCUT2D eigenvalue weighted by molar-refractivity contribution is 5.85. The average molecular weight is 286 g/mol. The van der Waals surface area contributed by atoms with Gasteiger partial charge in [-0.25, -0.2) is 0 Å². The number of Topliss-reactive ketones (excluding diaryl/α,β-unsaturated/α-hetero) is 1. The summed E-state index contributed by atoms with van der Waals surface area (Å²) in [7, 11) is 0. The van der Waals surface area contributed by atoms with Gasteiger partial charge in [0.25, 0.3) is 0 Å². The minimum Gasteiger partial charge on any atom is -0.299 e. The predicted octanol–water partition coefficient (Wildman–Crippen LogP) is 5.15. The molecule has 5 atom stereocenters. The van der Waals surface area contributed by atoms with E-state index in [9.17, 15) is 4.79 Å². The van der Waals surface area contributed by atoms with E-state index in [1.54, 1.807) is 0 Å². The molecule has 0 aliphatic heterocycles. The van der Waals surface area contributed by atoms with Gasteiger partial charge in [-0.15, -0.1) is 0 Å². The fourth-order valence-corrected chi connectivity index (χ4v) is 7.51. The van der Waals surface area contributed by atoms with Gasteiger partial charge in [-0.2, -0.15) is 0 Å². The highest BCUT2D eigenvalue weighted by atomic mass is 16.1. The highest BCUT2D eigenvalue weighted by Crippen LogP contribution is 2.71. The molecule has 1 spiro atoms. The lowest BCUT2D eigenvalue weighted by atomic mass is 9.41. The third-order valence-electron chi connectivity index (χ3n) is 8.06. The first-order valence-corrected chi connectivity index (χ1v) is 8.99. The van der Waals surface area contributed by atoms with Crippen molar-refractivity contribution in [3.05, 3.63) is 12.2 Å². The number of carbonyl (C=O) groups is 1. The number of allylic oxidation sites excluding steroid dienone is 1. The van der Waals surface area contributed by atoms with Gasteiger partial charge in [-0.05, 0) is 66.6 Å². The quantitative estimate of drug-likeness (QED) is 0.562. The second-order valence-corrected chi connectivity index (χ2v) is 9.64. The molecule has 1 nitrogen and oxygen atoms in total. The zero-order chi connectivity index (χ0) is 15.0. The van der Waals surface area contributed by atoms with Gasteiger partial charge in [-0.3, -0.25) is 4.79 Å². The molecule has 21 heavy (non-hydrogen) atoms. The molecule has 0 aromatic heterocycles. The molecule has 4 rings (SSSR count). The molecule has 4 aliphatic rings. The van der Waals surface area contributed by atoms with E-state index in [0.29, 0.717) is 28.4 Å². The molecule has 0 saturated heterocycles. The van der Waals surface area contributed by atoms with Crippen LogP contribution in [0.2, 0.25) is 0 Å². The summed E-state index contributed by atoms with van der Waals surface area (Å²) in [6.07, 6.45) is 9.77. The fourth-order valence-electron chi connectivity index (χ4n) is 7.51. The van der Waals surface area contributed by atoms with Crippen molar-refractivity contribution < 1.29 is 4.79 Å². The molecule has 0 amide bonds. The Balaban J connectivity index is 1.80. The topological polar surface area (TPSA) is 17.1 Å². The van der Waals surface area contributed by atoms with Gasteiger partial charge in [0.15, 0.2) is 0 Å². The Morgan fingerprint density at radius 1 is 1.14 bits per heavy atom. The molecular formula is C20H30O. The first-order chi connectivity index (χ1) is 9.79. The molecule has 0 heterocycles. The van der Waals surface area contributed by atoms with Crippen molar-refractivity contribution >= 4 is 5.78 Å². The highest BCUT2D eigenvalue weighted by Gasteiger charge is 2.65. The summed E-state index contributed by atoms with van der Waals surface area (Å²) in [4.78, 5) is 13.1. The Labute approximate surface area is 129 Å². The van der Waals surface area contributed by atoms with Gasteiger partial charge in [0.05, 0.1) is 0 Å². The first kappa shape index (κ1) is 14.0. The number of fused-ring (bicyclic) bond motifs is 3. The lowest BCUT2D eigenvalue weighted by molar-refractivity contribution is -0.166. The van der Waals surface area contributed by atoms with E-state index in [1.165, 1.54) is 44.1 Å². The normalized spacial score (nSPS) is 51.5. The van der Waals surface area contributed by atoms with Crippen LogP contribution in [0, 0.1) is 34.0 Å². The monoisotopic (exact) mass is 286 g/mol. The standard InChI is InChI=1S/C20H30O/c1-13-11-20-9-6-16-18(2,3)7-5-8-19(16,4)17(20)15(21)10-14(13)12-20/h14,16-17H,1,5-12H2,2-4H3/t14-,16-,17-,19+,20-/m1/s1. The van der Waals surface area contributed by atoms with Crippen LogP contribution in [0.3, 0.4) is 0 Å². The molecule has 0 aromatic carbocycles. The van der Waals surface area contributed by atoms with Crippen LogP contribution in [0.15, 0.2) is 12.2 Å². The number of hydrogen-bond donors (Lipinski definition) is 0. The van der Waals surface area contributed by atoms with Gasteiger partial charge in [0.1, 0.15) is 5.78 Å². The maximum atomic E-state index is 13.1. The molecular weight excluding hydrogens is 256 g/mol. The summed E-state index contributed by atoms with van der Waals surface area (Å²) in [5, 5.41) is 0. The van der Waals surface area contributed by atoms with Crippen molar-refractivity contribution in [3.63, 3.8) is 0 Å². The lowest BCUT2D eigenvalue weighted by Crippen LogP contribution is -2.58. The van der Waals surface area contributed by atoms with Crippen LogP contribution in [0.5, 0.6) is 0 Å². The smallest absolute Gasteiger partial charge is 0.137 e. The van der Waals surface area contributed by atoms with Crippen LogP contribution < -0.4 is 0 Å². The number of rotatable bonds is 0. The van der Waals surface area contributed by atoms with Crippen LogP contribution in [0.4, 0.5) is 0 Å². The van der Waals surface area contributed by atoms with E-state index in [1.807, 2.05) is 0 Å². The number of ketones is 1. The maximum absolute atomic E-state index is 13.1. The zero-order valence-corrected chi connectivity index (χ0v) is 14.0. The van der Waals surface area contributed by atoms with E-state index < -0.39 is 0 Å². The van der Waals surface area contributed by atoms with E-state index in [2.05, 4.69) is 27.4 Å². The SMILES string of the molecule is C=C1C[C@@]23CC[C@@H]4C(C)(C)CCC[C@]4(C)[C@H]2C(=O)C[C@@H]1C3. The number of carbonyl (C=O) groups excluding carboxylic acids is 1. The van der Waals surface area contributed by atoms with Crippen molar-refractivity contribution in [1.29, 1.82) is 0 Å². The third-order valence-corrected chi connectivity index (χ3v) is 8.06. The summed E-state index contributed by atoms with van der Waals surface area (Å²) < 4.78 is 0. The Morgan fingerprint density at radius 3 is 2.67 bits per heavy atom. The second-order valence-electron chi connectivity index (χ2n) is 9.64. The van der Waals surface area contributed by atoms with Gasteiger partial charge < -0.3 is 0 Å². The minimum absolute atomic E-state index is 0.257. The van der Waals surface area contributed by atoms with E-state index in [0.717, 1.165) is 18.8 Å². The van der Waals surface area contributed by atoms with Crippen molar-refractivity contribution in [3.8, 4) is 0 Å². The third kappa shape index (κ3) is 1.67. The van der Waals surface area contributed by atoms with Crippen LogP contribution in [-0.4, -0.2) is 5.78 Å². The maximum Gasteiger partial charge on any atom is 0.137 e. The van der Waals surface area contributed by atoms with Crippen molar-refractivity contribution in [1.82, 2.24) is 0 Å². The fraction of sp³-hybridized carbons (Fsp3) is 0.850. The van der Waals surface area contributed by atoms with Gasteiger partial charge in [0, 0.05) is 12.3 Å². The summed E-state index contributed by atoms with van der Waals surface area (Å²) in [5.41, 5.74) is 2.37. The molecule has 0 radical (unpaired) electrons. The average Bonchev–Trinajstić information content (AvgIpc) is 2.58. The van der Waals surface area contributed by atoms with Crippen LogP contribution in [-0.2, 0) is 4.79 Å². The van der Waals surface area contributed by atoms with E-state index in [4.69, 9.17) is 0 Å². The summed E-state index contributed by atoms with van der Waals surface area (Å²) in [5.74, 6) is 2.18. The molecule has 0 N–H and O–H groups in total. The largest absolute Gasteiger partial charge is 0.299 e.